The average molecular weight is 250 g/mol. The molecule has 0 radical (unpaired) electrons. The first-order valence-electron chi connectivity index (χ1n) is 6.09. The zero-order chi connectivity index (χ0) is 13.2. The van der Waals surface area contributed by atoms with E-state index >= 15 is 0 Å². The van der Waals surface area contributed by atoms with Gasteiger partial charge in [-0.25, -0.2) is 4.98 Å². The van der Waals surface area contributed by atoms with Crippen LogP contribution in [0.4, 0.5) is 5.69 Å². The summed E-state index contributed by atoms with van der Waals surface area (Å²) < 4.78 is 0. The highest BCUT2D eigenvalue weighted by Crippen LogP contribution is 2.27. The number of hydrogen-bond acceptors (Lipinski definition) is 3. The largest absolute Gasteiger partial charge is 0.398 e. The van der Waals surface area contributed by atoms with Crippen LogP contribution in [0.3, 0.4) is 0 Å². The van der Waals surface area contributed by atoms with Crippen LogP contribution in [0.15, 0.2) is 48.5 Å². The van der Waals surface area contributed by atoms with Gasteiger partial charge in [-0.1, -0.05) is 42.5 Å². The molecule has 0 saturated heterocycles. The molecule has 0 fully saturated rings. The van der Waals surface area contributed by atoms with Gasteiger partial charge in [0.1, 0.15) is 0 Å². The Morgan fingerprint density at radius 3 is 2.53 bits per heavy atom. The van der Waals surface area contributed by atoms with Crippen molar-refractivity contribution < 1.29 is 0 Å². The monoisotopic (exact) mass is 250 g/mol. The van der Waals surface area contributed by atoms with E-state index in [9.17, 15) is 0 Å². The molecule has 0 atom stereocenters. The number of aryl methyl sites for hydroxylation is 1. The van der Waals surface area contributed by atoms with E-state index in [2.05, 4.69) is 15.2 Å². The lowest BCUT2D eigenvalue weighted by molar-refractivity contribution is 1.10. The summed E-state index contributed by atoms with van der Waals surface area (Å²) in [6.07, 6.45) is 0. The predicted molar refractivity (Wildman–Crippen MR) is 76.4 cm³/mol. The number of aromatic amines is 1. The Labute approximate surface area is 111 Å². The highest BCUT2D eigenvalue weighted by Gasteiger charge is 2.11. The van der Waals surface area contributed by atoms with Crippen molar-refractivity contribution in [1.29, 1.82) is 0 Å². The lowest BCUT2D eigenvalue weighted by atomic mass is 10.1. The van der Waals surface area contributed by atoms with Crippen LogP contribution in [0.5, 0.6) is 0 Å². The van der Waals surface area contributed by atoms with Crippen molar-refractivity contribution in [2.45, 2.75) is 6.92 Å². The molecule has 3 N–H and O–H groups in total. The van der Waals surface area contributed by atoms with E-state index in [1.54, 1.807) is 0 Å². The van der Waals surface area contributed by atoms with E-state index in [0.717, 1.165) is 16.7 Å². The van der Waals surface area contributed by atoms with E-state index in [4.69, 9.17) is 5.73 Å². The topological polar surface area (TPSA) is 67.6 Å². The smallest absolute Gasteiger partial charge is 0.181 e. The van der Waals surface area contributed by atoms with Crippen LogP contribution in [0, 0.1) is 6.92 Å². The van der Waals surface area contributed by atoms with Gasteiger partial charge < -0.3 is 5.73 Å². The Morgan fingerprint density at radius 1 is 1.00 bits per heavy atom. The van der Waals surface area contributed by atoms with Crippen LogP contribution in [0.1, 0.15) is 5.56 Å². The van der Waals surface area contributed by atoms with Gasteiger partial charge in [0.25, 0.3) is 0 Å². The highest BCUT2D eigenvalue weighted by molar-refractivity contribution is 5.75. The van der Waals surface area contributed by atoms with Crippen LogP contribution < -0.4 is 5.73 Å². The first-order chi connectivity index (χ1) is 9.25. The van der Waals surface area contributed by atoms with Gasteiger partial charge in [0.15, 0.2) is 11.6 Å². The molecule has 0 amide bonds. The van der Waals surface area contributed by atoms with Gasteiger partial charge in [0.2, 0.25) is 0 Å². The Bertz CT molecular complexity index is 681. The molecule has 3 rings (SSSR count). The van der Waals surface area contributed by atoms with Crippen LogP contribution in [-0.4, -0.2) is 15.2 Å². The van der Waals surface area contributed by atoms with Crippen LogP contribution in [0.2, 0.25) is 0 Å². The Morgan fingerprint density at radius 2 is 1.79 bits per heavy atom. The molecule has 1 aromatic heterocycles. The molecular formula is C15H14N4. The van der Waals surface area contributed by atoms with Crippen LogP contribution >= 0.6 is 0 Å². The van der Waals surface area contributed by atoms with E-state index in [0.29, 0.717) is 17.3 Å². The second kappa shape index (κ2) is 4.57. The molecule has 3 aromatic rings. The molecular weight excluding hydrogens is 236 g/mol. The minimum Gasteiger partial charge on any atom is -0.398 e. The number of hydrogen-bond donors (Lipinski definition) is 2. The third-order valence-corrected chi connectivity index (χ3v) is 3.06. The second-order valence-electron chi connectivity index (χ2n) is 4.41. The lowest BCUT2D eigenvalue weighted by Gasteiger charge is -2.05. The Hall–Kier alpha value is -2.62. The molecule has 0 aliphatic heterocycles. The van der Waals surface area contributed by atoms with Gasteiger partial charge in [0, 0.05) is 16.8 Å². The zero-order valence-electron chi connectivity index (χ0n) is 10.6. The third-order valence-electron chi connectivity index (χ3n) is 3.06. The molecule has 1 heterocycles. The number of nitrogens with one attached hydrogen (secondary N) is 1. The maximum absolute atomic E-state index is 6.01. The van der Waals surface area contributed by atoms with Gasteiger partial charge in [-0.2, -0.15) is 5.10 Å². The fraction of sp³-hybridized carbons (Fsp3) is 0.0667. The first kappa shape index (κ1) is 11.5. The number of nitrogens with zero attached hydrogens (tertiary/aromatic N) is 2. The summed E-state index contributed by atoms with van der Waals surface area (Å²) in [7, 11) is 0. The van der Waals surface area contributed by atoms with E-state index in [1.165, 1.54) is 0 Å². The third kappa shape index (κ3) is 2.08. The molecule has 0 bridgehead atoms. The number of nitrogen functional groups attached to an aromatic ring is 1. The molecule has 0 saturated carbocycles. The minimum absolute atomic E-state index is 0.679. The summed E-state index contributed by atoms with van der Waals surface area (Å²) in [4.78, 5) is 4.53. The summed E-state index contributed by atoms with van der Waals surface area (Å²) in [6.45, 7) is 2.01. The summed E-state index contributed by atoms with van der Waals surface area (Å²) in [5, 5.41) is 7.21. The van der Waals surface area contributed by atoms with Gasteiger partial charge in [-0.3, -0.25) is 5.10 Å². The van der Waals surface area contributed by atoms with E-state index in [1.807, 2.05) is 55.5 Å². The molecule has 4 nitrogen and oxygen atoms in total. The second-order valence-corrected chi connectivity index (χ2v) is 4.41. The molecule has 0 aliphatic carbocycles. The quantitative estimate of drug-likeness (QED) is 0.687. The lowest BCUT2D eigenvalue weighted by Crippen LogP contribution is -1.94. The standard InChI is InChI=1S/C15H14N4/c1-10-6-5-9-12(16)13(10)15-17-14(18-19-15)11-7-3-2-4-8-11/h2-9H,16H2,1H3,(H,17,18,19). The SMILES string of the molecule is Cc1cccc(N)c1-c1nc(-c2ccccc2)n[nH]1. The Balaban J connectivity index is 2.07. The fourth-order valence-corrected chi connectivity index (χ4v) is 2.10. The molecule has 2 aromatic carbocycles. The van der Waals surface area contributed by atoms with Gasteiger partial charge >= 0.3 is 0 Å². The van der Waals surface area contributed by atoms with Crippen molar-refractivity contribution in [3.8, 4) is 22.8 Å². The normalized spacial score (nSPS) is 10.6. The summed E-state index contributed by atoms with van der Waals surface area (Å²) >= 11 is 0. The van der Waals surface area contributed by atoms with Gasteiger partial charge in [-0.05, 0) is 18.6 Å². The first-order valence-corrected chi connectivity index (χ1v) is 6.09. The zero-order valence-corrected chi connectivity index (χ0v) is 10.6. The van der Waals surface area contributed by atoms with Gasteiger partial charge in [0.05, 0.1) is 0 Å². The number of aromatic nitrogens is 3. The highest BCUT2D eigenvalue weighted by atomic mass is 15.2. The predicted octanol–water partition coefficient (Wildman–Crippen LogP) is 3.03. The van der Waals surface area contributed by atoms with Crippen LogP contribution in [-0.2, 0) is 0 Å². The average Bonchev–Trinajstić information content (AvgIpc) is 2.89. The summed E-state index contributed by atoms with van der Waals surface area (Å²) in [6, 6.07) is 15.7. The molecule has 4 heteroatoms. The van der Waals surface area contributed by atoms with Crippen molar-refractivity contribution in [2.24, 2.45) is 0 Å². The molecule has 0 spiro atoms. The number of rotatable bonds is 2. The molecule has 94 valence electrons. The number of anilines is 1. The van der Waals surface area contributed by atoms with Crippen molar-refractivity contribution in [2.75, 3.05) is 5.73 Å². The van der Waals surface area contributed by atoms with Crippen molar-refractivity contribution in [3.05, 3.63) is 54.1 Å². The van der Waals surface area contributed by atoms with Crippen molar-refractivity contribution in [1.82, 2.24) is 15.2 Å². The van der Waals surface area contributed by atoms with Gasteiger partial charge in [-0.15, -0.1) is 0 Å². The maximum Gasteiger partial charge on any atom is 0.181 e. The summed E-state index contributed by atoms with van der Waals surface area (Å²) in [5.74, 6) is 1.38. The number of benzene rings is 2. The molecule has 19 heavy (non-hydrogen) atoms. The summed E-state index contributed by atoms with van der Waals surface area (Å²) in [5.41, 5.74) is 9.69. The van der Waals surface area contributed by atoms with E-state index in [-0.39, 0.29) is 0 Å². The van der Waals surface area contributed by atoms with Crippen LogP contribution in [0.25, 0.3) is 22.8 Å². The Kier molecular flexibility index (Phi) is 2.76. The maximum atomic E-state index is 6.01. The van der Waals surface area contributed by atoms with E-state index < -0.39 is 0 Å². The molecule has 0 aliphatic rings. The van der Waals surface area contributed by atoms with Crippen molar-refractivity contribution in [3.63, 3.8) is 0 Å². The molecule has 0 unspecified atom stereocenters. The van der Waals surface area contributed by atoms with Crippen molar-refractivity contribution >= 4 is 5.69 Å². The number of nitrogens with two attached hydrogens (primary N) is 1. The minimum atomic E-state index is 0.679. The number of H-pyrrole nitrogens is 1. The fourth-order valence-electron chi connectivity index (χ4n) is 2.10.